The van der Waals surface area contributed by atoms with E-state index in [-0.39, 0.29) is 11.4 Å². The van der Waals surface area contributed by atoms with Gasteiger partial charge in [-0.05, 0) is 52.3 Å². The maximum atomic E-state index is 12.9. The third-order valence-corrected chi connectivity index (χ3v) is 3.55. The van der Waals surface area contributed by atoms with Crippen LogP contribution in [-0.2, 0) is 6.18 Å². The summed E-state index contributed by atoms with van der Waals surface area (Å²) in [4.78, 5) is 12.2. The van der Waals surface area contributed by atoms with Crippen LogP contribution < -0.4 is 5.32 Å². The van der Waals surface area contributed by atoms with E-state index in [2.05, 4.69) is 26.3 Å². The van der Waals surface area contributed by atoms with Gasteiger partial charge in [-0.2, -0.15) is 18.3 Å². The van der Waals surface area contributed by atoms with Crippen LogP contribution in [0.3, 0.4) is 0 Å². The van der Waals surface area contributed by atoms with Gasteiger partial charge in [-0.3, -0.25) is 4.79 Å². The quantitative estimate of drug-likeness (QED) is 0.705. The van der Waals surface area contributed by atoms with E-state index in [0.29, 0.717) is 10.4 Å². The van der Waals surface area contributed by atoms with Crippen LogP contribution in [0.15, 0.2) is 57.9 Å². The smallest absolute Gasteiger partial charge is 0.416 e. The fourth-order valence-corrected chi connectivity index (χ4v) is 2.35. The van der Waals surface area contributed by atoms with Crippen LogP contribution in [0, 0.1) is 0 Å². The van der Waals surface area contributed by atoms with Crippen LogP contribution in [0.2, 0.25) is 0 Å². The van der Waals surface area contributed by atoms with Crippen LogP contribution in [0.1, 0.15) is 16.1 Å². The molecular formula is C15H9BrF3N3O2. The van der Waals surface area contributed by atoms with Crippen LogP contribution in [0.5, 0.6) is 0 Å². The molecule has 0 aliphatic heterocycles. The molecule has 0 saturated heterocycles. The molecule has 5 nitrogen and oxygen atoms in total. The number of amides is 1. The molecule has 1 amide bonds. The summed E-state index contributed by atoms with van der Waals surface area (Å²) >= 11 is 3.06. The first-order valence-electron chi connectivity index (χ1n) is 6.62. The van der Waals surface area contributed by atoms with Gasteiger partial charge in [-0.1, -0.05) is 0 Å². The lowest BCUT2D eigenvalue weighted by Crippen LogP contribution is -2.15. The highest BCUT2D eigenvalue weighted by Gasteiger charge is 2.31. The number of rotatable bonds is 3. The van der Waals surface area contributed by atoms with Gasteiger partial charge < -0.3 is 9.73 Å². The van der Waals surface area contributed by atoms with Gasteiger partial charge in [0, 0.05) is 12.4 Å². The number of hydrogen-bond donors (Lipinski definition) is 1. The van der Waals surface area contributed by atoms with Crippen molar-refractivity contribution in [3.63, 3.8) is 0 Å². The molecule has 0 aliphatic carbocycles. The zero-order chi connectivity index (χ0) is 17.3. The van der Waals surface area contributed by atoms with Gasteiger partial charge in [-0.25, -0.2) is 4.68 Å². The molecule has 0 saturated carbocycles. The molecule has 1 N–H and O–H groups in total. The van der Waals surface area contributed by atoms with Crippen molar-refractivity contribution in [1.82, 2.24) is 9.78 Å². The zero-order valence-electron chi connectivity index (χ0n) is 11.8. The van der Waals surface area contributed by atoms with Crippen LogP contribution >= 0.6 is 15.9 Å². The van der Waals surface area contributed by atoms with Gasteiger partial charge in [-0.15, -0.1) is 0 Å². The van der Waals surface area contributed by atoms with E-state index >= 15 is 0 Å². The summed E-state index contributed by atoms with van der Waals surface area (Å²) in [6.07, 6.45) is -1.50. The number of carbonyl (C=O) groups excluding carboxylic acids is 1. The van der Waals surface area contributed by atoms with E-state index in [1.54, 1.807) is 12.3 Å². The summed E-state index contributed by atoms with van der Waals surface area (Å²) in [6, 6.07) is 7.55. The maximum absolute atomic E-state index is 12.9. The van der Waals surface area contributed by atoms with Crippen molar-refractivity contribution < 1.29 is 22.4 Å². The molecule has 124 valence electrons. The average Bonchev–Trinajstić information content (AvgIpc) is 3.17. The number of alkyl halides is 3. The topological polar surface area (TPSA) is 60.1 Å². The summed E-state index contributed by atoms with van der Waals surface area (Å²) in [5, 5.41) is 6.40. The molecule has 2 heterocycles. The van der Waals surface area contributed by atoms with Crippen LogP contribution in [0.25, 0.3) is 5.69 Å². The highest BCUT2D eigenvalue weighted by Crippen LogP contribution is 2.33. The van der Waals surface area contributed by atoms with Crippen molar-refractivity contribution in [3.8, 4) is 5.69 Å². The second-order valence-electron chi connectivity index (χ2n) is 4.74. The molecule has 0 aliphatic rings. The number of nitrogens with one attached hydrogen (secondary N) is 1. The molecule has 0 spiro atoms. The molecule has 0 atom stereocenters. The first kappa shape index (κ1) is 16.3. The molecule has 9 heteroatoms. The predicted molar refractivity (Wildman–Crippen MR) is 82.9 cm³/mol. The number of aromatic nitrogens is 2. The van der Waals surface area contributed by atoms with Crippen molar-refractivity contribution in [1.29, 1.82) is 0 Å². The molecule has 24 heavy (non-hydrogen) atoms. The zero-order valence-corrected chi connectivity index (χ0v) is 13.4. The maximum Gasteiger partial charge on any atom is 0.416 e. The molecule has 1 aromatic carbocycles. The Morgan fingerprint density at radius 1 is 1.25 bits per heavy atom. The van der Waals surface area contributed by atoms with Gasteiger partial charge in [0.15, 0.2) is 10.4 Å². The number of anilines is 1. The SMILES string of the molecule is O=C(Nc1cc(C(F)(F)F)ccc1-n1cccn1)c1ccc(Br)o1. The molecule has 2 aromatic heterocycles. The van der Waals surface area contributed by atoms with E-state index in [1.165, 1.54) is 29.1 Å². The van der Waals surface area contributed by atoms with Crippen molar-refractivity contribution in [2.45, 2.75) is 6.18 Å². The summed E-state index contributed by atoms with van der Waals surface area (Å²) in [6.45, 7) is 0. The molecular weight excluding hydrogens is 391 g/mol. The number of benzene rings is 1. The van der Waals surface area contributed by atoms with Gasteiger partial charge >= 0.3 is 6.18 Å². The number of hydrogen-bond acceptors (Lipinski definition) is 3. The van der Waals surface area contributed by atoms with Crippen LogP contribution in [-0.4, -0.2) is 15.7 Å². The molecule has 0 radical (unpaired) electrons. The number of furan rings is 1. The minimum absolute atomic E-state index is 0.0361. The highest BCUT2D eigenvalue weighted by atomic mass is 79.9. The van der Waals surface area contributed by atoms with E-state index in [0.717, 1.165) is 12.1 Å². The fraction of sp³-hybridized carbons (Fsp3) is 0.0667. The van der Waals surface area contributed by atoms with Gasteiger partial charge in [0.25, 0.3) is 5.91 Å². The Morgan fingerprint density at radius 2 is 2.04 bits per heavy atom. The normalized spacial score (nSPS) is 11.5. The Balaban J connectivity index is 2.01. The van der Waals surface area contributed by atoms with E-state index in [9.17, 15) is 18.0 Å². The monoisotopic (exact) mass is 399 g/mol. The highest BCUT2D eigenvalue weighted by molar-refractivity contribution is 9.10. The Labute approximate surface area is 142 Å². The Morgan fingerprint density at radius 3 is 2.62 bits per heavy atom. The summed E-state index contributed by atoms with van der Waals surface area (Å²) in [7, 11) is 0. The first-order chi connectivity index (χ1) is 11.3. The lowest BCUT2D eigenvalue weighted by molar-refractivity contribution is -0.137. The van der Waals surface area contributed by atoms with Crippen molar-refractivity contribution in [2.75, 3.05) is 5.32 Å². The minimum Gasteiger partial charge on any atom is -0.444 e. The van der Waals surface area contributed by atoms with Crippen LogP contribution in [0.4, 0.5) is 18.9 Å². The van der Waals surface area contributed by atoms with Gasteiger partial charge in [0.2, 0.25) is 0 Å². The molecule has 0 bridgehead atoms. The molecule has 0 unspecified atom stereocenters. The van der Waals surface area contributed by atoms with Gasteiger partial charge in [0.05, 0.1) is 16.9 Å². The molecule has 3 rings (SSSR count). The summed E-state index contributed by atoms with van der Waals surface area (Å²) < 4.78 is 45.6. The first-order valence-corrected chi connectivity index (χ1v) is 7.42. The predicted octanol–water partition coefficient (Wildman–Crippen LogP) is 4.50. The lowest BCUT2D eigenvalue weighted by atomic mass is 10.1. The number of nitrogens with zero attached hydrogens (tertiary/aromatic N) is 2. The Hall–Kier alpha value is -2.55. The Kier molecular flexibility index (Phi) is 4.18. The fourth-order valence-electron chi connectivity index (χ4n) is 2.04. The molecule has 0 fully saturated rings. The lowest BCUT2D eigenvalue weighted by Gasteiger charge is -2.14. The Bertz CT molecular complexity index is 872. The van der Waals surface area contributed by atoms with E-state index in [4.69, 9.17) is 4.42 Å². The van der Waals surface area contributed by atoms with Crippen molar-refractivity contribution in [2.24, 2.45) is 0 Å². The summed E-state index contributed by atoms with van der Waals surface area (Å²) in [5.74, 6) is -0.709. The minimum atomic E-state index is -4.53. The number of halogens is 4. The largest absolute Gasteiger partial charge is 0.444 e. The number of carbonyl (C=O) groups is 1. The average molecular weight is 400 g/mol. The van der Waals surface area contributed by atoms with Crippen molar-refractivity contribution in [3.05, 3.63) is 64.8 Å². The van der Waals surface area contributed by atoms with E-state index < -0.39 is 17.6 Å². The third-order valence-electron chi connectivity index (χ3n) is 3.12. The third kappa shape index (κ3) is 3.35. The second kappa shape index (κ2) is 6.16. The summed E-state index contributed by atoms with van der Waals surface area (Å²) in [5.41, 5.74) is -0.618. The second-order valence-corrected chi connectivity index (χ2v) is 5.52. The van der Waals surface area contributed by atoms with Gasteiger partial charge in [0.1, 0.15) is 0 Å². The van der Waals surface area contributed by atoms with E-state index in [1.807, 2.05) is 0 Å². The standard InChI is InChI=1S/C15H9BrF3N3O2/c16-13-5-4-12(24-13)14(23)21-10-8-9(15(17,18)19)2-3-11(10)22-7-1-6-20-22/h1-8H,(H,21,23). The molecule has 3 aromatic rings. The van der Waals surface area contributed by atoms with Crippen molar-refractivity contribution >= 4 is 27.5 Å².